The van der Waals surface area contributed by atoms with Gasteiger partial charge in [0.05, 0.1) is 36.0 Å². The SMILES string of the molecule is COc1cc(O)ccc1C1C2=CCC3C(=O)N(CCc4ccc(O)cc4)C(=O)C3C2CC2C(=O)N(Nc3ccc(F)cc3)C(=O)C21c1ccc(Cl)cc1. The minimum atomic E-state index is -1.58. The molecule has 2 saturated heterocycles. The third kappa shape index (κ3) is 5.44. The lowest BCUT2D eigenvalue weighted by molar-refractivity contribution is -0.141. The number of carbonyl (C=O) groups is 4. The first kappa shape index (κ1) is 34.4. The van der Waals surface area contributed by atoms with Gasteiger partial charge >= 0.3 is 0 Å². The Morgan fingerprint density at radius 2 is 1.57 bits per heavy atom. The van der Waals surface area contributed by atoms with E-state index in [9.17, 15) is 29.0 Å². The predicted molar refractivity (Wildman–Crippen MR) is 192 cm³/mol. The lowest BCUT2D eigenvalue weighted by Gasteiger charge is -2.50. The molecule has 0 aromatic heterocycles. The molecular weight excluding hydrogens is 701 g/mol. The largest absolute Gasteiger partial charge is 0.508 e. The zero-order valence-corrected chi connectivity index (χ0v) is 29.3. The molecule has 4 amide bonds. The van der Waals surface area contributed by atoms with E-state index in [1.807, 2.05) is 6.08 Å². The van der Waals surface area contributed by atoms with Gasteiger partial charge in [-0.25, -0.2) is 4.39 Å². The zero-order valence-electron chi connectivity index (χ0n) is 28.5. The Morgan fingerprint density at radius 3 is 2.26 bits per heavy atom. The van der Waals surface area contributed by atoms with E-state index < -0.39 is 52.6 Å². The summed E-state index contributed by atoms with van der Waals surface area (Å²) in [6.07, 6.45) is 2.67. The highest BCUT2D eigenvalue weighted by Gasteiger charge is 2.70. The van der Waals surface area contributed by atoms with Gasteiger partial charge in [0.1, 0.15) is 23.1 Å². The molecule has 10 nitrogen and oxygen atoms in total. The van der Waals surface area contributed by atoms with Crippen molar-refractivity contribution >= 4 is 40.9 Å². The summed E-state index contributed by atoms with van der Waals surface area (Å²) in [6.45, 7) is 0.150. The van der Waals surface area contributed by atoms with E-state index in [-0.39, 0.29) is 48.4 Å². The average Bonchev–Trinajstić information content (AvgIpc) is 3.53. The van der Waals surface area contributed by atoms with Crippen molar-refractivity contribution in [2.24, 2.45) is 23.7 Å². The number of carbonyl (C=O) groups excluding carboxylic acids is 4. The number of allylic oxidation sites excluding steroid dienone is 2. The molecule has 4 aromatic carbocycles. The third-order valence-corrected chi connectivity index (χ3v) is 11.7. The highest BCUT2D eigenvalue weighted by molar-refractivity contribution is 6.30. The number of benzene rings is 4. The number of imide groups is 2. The van der Waals surface area contributed by atoms with Crippen LogP contribution in [0.5, 0.6) is 17.2 Å². The number of likely N-dealkylation sites (tertiary alicyclic amines) is 1. The number of amides is 4. The fourth-order valence-corrected chi connectivity index (χ4v) is 9.25. The Morgan fingerprint density at radius 1 is 0.868 bits per heavy atom. The Kier molecular flexibility index (Phi) is 8.48. The van der Waals surface area contributed by atoms with Gasteiger partial charge in [0.2, 0.25) is 11.8 Å². The van der Waals surface area contributed by atoms with Crippen molar-refractivity contribution in [3.63, 3.8) is 0 Å². The average molecular weight is 736 g/mol. The number of methoxy groups -OCH3 is 1. The number of rotatable bonds is 8. The van der Waals surface area contributed by atoms with Crippen LogP contribution >= 0.6 is 11.6 Å². The summed E-state index contributed by atoms with van der Waals surface area (Å²) >= 11 is 6.36. The van der Waals surface area contributed by atoms with Gasteiger partial charge < -0.3 is 14.9 Å². The maximum atomic E-state index is 15.3. The van der Waals surface area contributed by atoms with Crippen molar-refractivity contribution in [1.29, 1.82) is 0 Å². The maximum Gasteiger partial charge on any atom is 0.260 e. The third-order valence-electron chi connectivity index (χ3n) is 11.4. The van der Waals surface area contributed by atoms with Crippen LogP contribution in [-0.4, -0.2) is 57.4 Å². The van der Waals surface area contributed by atoms with Gasteiger partial charge in [0, 0.05) is 29.1 Å². The van der Waals surface area contributed by atoms with Gasteiger partial charge in [0.15, 0.2) is 0 Å². The zero-order chi connectivity index (χ0) is 37.2. The molecule has 8 rings (SSSR count). The van der Waals surface area contributed by atoms with E-state index in [1.54, 1.807) is 54.6 Å². The first-order chi connectivity index (χ1) is 25.5. The number of fused-ring (bicyclic) bond motifs is 4. The molecule has 6 unspecified atom stereocenters. The number of aromatic hydroxyl groups is 2. The van der Waals surface area contributed by atoms with Crippen LogP contribution in [0.15, 0.2) is 103 Å². The summed E-state index contributed by atoms with van der Waals surface area (Å²) in [4.78, 5) is 59.7. The van der Waals surface area contributed by atoms with E-state index in [2.05, 4.69) is 5.43 Å². The molecule has 2 aliphatic heterocycles. The van der Waals surface area contributed by atoms with Gasteiger partial charge in [0.25, 0.3) is 11.8 Å². The number of hydrogen-bond acceptors (Lipinski definition) is 8. The molecule has 270 valence electrons. The molecule has 2 aliphatic carbocycles. The highest BCUT2D eigenvalue weighted by atomic mass is 35.5. The van der Waals surface area contributed by atoms with Crippen molar-refractivity contribution in [1.82, 2.24) is 9.91 Å². The van der Waals surface area contributed by atoms with Crippen molar-refractivity contribution in [2.45, 2.75) is 30.6 Å². The van der Waals surface area contributed by atoms with Crippen molar-refractivity contribution in [2.75, 3.05) is 19.1 Å². The van der Waals surface area contributed by atoms with Gasteiger partial charge in [-0.1, -0.05) is 53.6 Å². The smallest absolute Gasteiger partial charge is 0.260 e. The normalized spacial score (nSPS) is 26.2. The van der Waals surface area contributed by atoms with Crippen LogP contribution in [0.3, 0.4) is 0 Å². The molecule has 12 heteroatoms. The predicted octanol–water partition coefficient (Wildman–Crippen LogP) is 6.13. The van der Waals surface area contributed by atoms with Gasteiger partial charge in [-0.3, -0.25) is 29.5 Å². The summed E-state index contributed by atoms with van der Waals surface area (Å²) in [5, 5.41) is 21.6. The quantitative estimate of drug-likeness (QED) is 0.145. The molecule has 3 fully saturated rings. The van der Waals surface area contributed by atoms with E-state index in [0.29, 0.717) is 28.3 Å². The molecule has 53 heavy (non-hydrogen) atoms. The number of nitrogens with zero attached hydrogens (tertiary/aromatic N) is 2. The molecule has 3 N–H and O–H groups in total. The van der Waals surface area contributed by atoms with Crippen LogP contribution in [0.25, 0.3) is 0 Å². The Hall–Kier alpha value is -5.68. The number of hydrazine groups is 1. The van der Waals surface area contributed by atoms with Crippen molar-refractivity contribution < 1.29 is 38.5 Å². The summed E-state index contributed by atoms with van der Waals surface area (Å²) in [7, 11) is 1.45. The summed E-state index contributed by atoms with van der Waals surface area (Å²) in [6, 6.07) is 23.3. The minimum absolute atomic E-state index is 0.0676. The lowest BCUT2D eigenvalue weighted by Crippen LogP contribution is -2.53. The Labute approximate surface area is 309 Å². The van der Waals surface area contributed by atoms with Crippen LogP contribution < -0.4 is 10.2 Å². The van der Waals surface area contributed by atoms with E-state index in [0.717, 1.165) is 16.1 Å². The first-order valence-electron chi connectivity index (χ1n) is 17.4. The number of phenolic OH excluding ortho intramolecular Hbond substituents is 2. The lowest BCUT2D eigenvalue weighted by atomic mass is 9.49. The van der Waals surface area contributed by atoms with Crippen LogP contribution in [0.1, 0.15) is 35.4 Å². The van der Waals surface area contributed by atoms with Crippen LogP contribution in [0.4, 0.5) is 10.1 Å². The number of nitrogens with one attached hydrogen (secondary N) is 1. The van der Waals surface area contributed by atoms with Gasteiger partial charge in [-0.15, -0.1) is 0 Å². The van der Waals surface area contributed by atoms with Crippen LogP contribution in [0.2, 0.25) is 5.02 Å². The summed E-state index contributed by atoms with van der Waals surface area (Å²) in [5.41, 5.74) is 4.28. The standard InChI is InChI=1S/C41H35ClFN3O7/c1-53-34-20-28(48)14-15-30(34)36-29-16-17-31-35(39(51)45(37(31)49)19-18-22-2-12-27(47)13-3-22)32(29)21-33-38(50)46(44-26-10-8-25(43)9-11-26)40(52)41(33,36)23-4-6-24(42)7-5-23/h2-16,20,31-33,35-36,44,47-48H,17-19,21H2,1H3. The number of halogens is 2. The molecule has 0 radical (unpaired) electrons. The van der Waals surface area contributed by atoms with E-state index in [1.165, 1.54) is 48.4 Å². The molecule has 0 bridgehead atoms. The number of anilines is 1. The molecule has 2 heterocycles. The number of phenols is 2. The van der Waals surface area contributed by atoms with Crippen molar-refractivity contribution in [3.8, 4) is 17.2 Å². The fraction of sp³-hybridized carbons (Fsp3) is 0.268. The van der Waals surface area contributed by atoms with Crippen LogP contribution in [0, 0.1) is 29.5 Å². The van der Waals surface area contributed by atoms with Gasteiger partial charge in [-0.2, -0.15) is 5.01 Å². The first-order valence-corrected chi connectivity index (χ1v) is 17.8. The molecule has 4 aromatic rings. The highest BCUT2D eigenvalue weighted by Crippen LogP contribution is 2.65. The summed E-state index contributed by atoms with van der Waals surface area (Å²) < 4.78 is 19.7. The monoisotopic (exact) mass is 735 g/mol. The molecule has 0 spiro atoms. The van der Waals surface area contributed by atoms with Crippen molar-refractivity contribution in [3.05, 3.63) is 130 Å². The fourth-order valence-electron chi connectivity index (χ4n) is 9.13. The maximum absolute atomic E-state index is 15.3. The second kappa shape index (κ2) is 13.1. The second-order valence-corrected chi connectivity index (χ2v) is 14.5. The van der Waals surface area contributed by atoms with E-state index >= 15 is 4.79 Å². The topological polar surface area (TPSA) is 136 Å². The van der Waals surface area contributed by atoms with E-state index in [4.69, 9.17) is 16.3 Å². The molecule has 6 atom stereocenters. The molecule has 1 saturated carbocycles. The Balaban J connectivity index is 1.27. The molecular formula is C41H35ClFN3O7. The van der Waals surface area contributed by atoms with Gasteiger partial charge in [-0.05, 0) is 90.9 Å². The number of hydrogen-bond donors (Lipinski definition) is 3. The minimum Gasteiger partial charge on any atom is -0.508 e. The number of ether oxygens (including phenoxy) is 1. The summed E-state index contributed by atoms with van der Waals surface area (Å²) in [5.74, 6) is -5.81. The molecule has 4 aliphatic rings. The second-order valence-electron chi connectivity index (χ2n) is 14.0. The Bertz CT molecular complexity index is 2180. The van der Waals surface area contributed by atoms with Crippen LogP contribution in [-0.2, 0) is 31.0 Å².